The average Bonchev–Trinajstić information content (AvgIpc) is 2.49. The molecule has 1 aliphatic rings. The summed E-state index contributed by atoms with van der Waals surface area (Å²) in [5, 5.41) is 7.01. The normalized spacial score (nSPS) is 23.6. The number of rotatable bonds is 5. The Morgan fingerprint density at radius 2 is 2.00 bits per heavy atom. The fourth-order valence-electron chi connectivity index (χ4n) is 2.02. The molecule has 90 valence electrons. The van der Waals surface area contributed by atoms with E-state index in [2.05, 4.69) is 43.4 Å². The standard InChI is InChI=1S/C12H27N3/c1-12(2,3)14-7-6-13-9-11-5-8-15(4)10-11/h11,13-14H,5-10H2,1-4H3. The Morgan fingerprint density at radius 1 is 1.27 bits per heavy atom. The van der Waals surface area contributed by atoms with Crippen LogP contribution >= 0.6 is 0 Å². The Balaban J connectivity index is 1.93. The lowest BCUT2D eigenvalue weighted by Crippen LogP contribution is -2.41. The molecule has 1 aliphatic heterocycles. The van der Waals surface area contributed by atoms with Gasteiger partial charge in [0.05, 0.1) is 0 Å². The molecule has 2 N–H and O–H groups in total. The molecule has 1 saturated heterocycles. The second kappa shape index (κ2) is 5.83. The molecule has 1 unspecified atom stereocenters. The van der Waals surface area contributed by atoms with Crippen molar-refractivity contribution in [3.8, 4) is 0 Å². The number of nitrogens with zero attached hydrogens (tertiary/aromatic N) is 1. The van der Waals surface area contributed by atoms with Gasteiger partial charge in [0.2, 0.25) is 0 Å². The highest BCUT2D eigenvalue weighted by Gasteiger charge is 2.18. The molecule has 0 aliphatic carbocycles. The van der Waals surface area contributed by atoms with Gasteiger partial charge >= 0.3 is 0 Å². The van der Waals surface area contributed by atoms with Gasteiger partial charge in [0.25, 0.3) is 0 Å². The van der Waals surface area contributed by atoms with Crippen molar-refractivity contribution in [2.75, 3.05) is 39.8 Å². The monoisotopic (exact) mass is 213 g/mol. The summed E-state index contributed by atoms with van der Waals surface area (Å²) >= 11 is 0. The third-order valence-corrected chi connectivity index (χ3v) is 2.88. The van der Waals surface area contributed by atoms with Crippen LogP contribution in [0.1, 0.15) is 27.2 Å². The van der Waals surface area contributed by atoms with Gasteiger partial charge in [-0.15, -0.1) is 0 Å². The van der Waals surface area contributed by atoms with E-state index in [1.54, 1.807) is 0 Å². The van der Waals surface area contributed by atoms with Crippen LogP contribution in [0.25, 0.3) is 0 Å². The third-order valence-electron chi connectivity index (χ3n) is 2.88. The lowest BCUT2D eigenvalue weighted by Gasteiger charge is -2.21. The molecule has 0 radical (unpaired) electrons. The number of nitrogens with one attached hydrogen (secondary N) is 2. The minimum atomic E-state index is 0.245. The van der Waals surface area contributed by atoms with E-state index in [1.165, 1.54) is 26.1 Å². The largest absolute Gasteiger partial charge is 0.315 e. The molecule has 0 aromatic rings. The van der Waals surface area contributed by atoms with Crippen molar-refractivity contribution in [2.24, 2.45) is 5.92 Å². The predicted molar refractivity (Wildman–Crippen MR) is 66.2 cm³/mol. The summed E-state index contributed by atoms with van der Waals surface area (Å²) in [6, 6.07) is 0. The quantitative estimate of drug-likeness (QED) is 0.665. The molecular weight excluding hydrogens is 186 g/mol. The van der Waals surface area contributed by atoms with E-state index in [0.29, 0.717) is 0 Å². The van der Waals surface area contributed by atoms with Gasteiger partial charge in [-0.2, -0.15) is 0 Å². The van der Waals surface area contributed by atoms with Gasteiger partial charge in [0.1, 0.15) is 0 Å². The fourth-order valence-corrected chi connectivity index (χ4v) is 2.02. The van der Waals surface area contributed by atoms with Gasteiger partial charge in [0.15, 0.2) is 0 Å². The van der Waals surface area contributed by atoms with Crippen molar-refractivity contribution < 1.29 is 0 Å². The Hall–Kier alpha value is -0.120. The molecule has 0 aromatic heterocycles. The molecule has 1 heterocycles. The molecule has 0 saturated carbocycles. The molecule has 0 aromatic carbocycles. The first kappa shape index (κ1) is 12.9. The highest BCUT2D eigenvalue weighted by molar-refractivity contribution is 4.75. The molecule has 3 heteroatoms. The molecule has 0 bridgehead atoms. The number of hydrogen-bond acceptors (Lipinski definition) is 3. The highest BCUT2D eigenvalue weighted by Crippen LogP contribution is 2.12. The lowest BCUT2D eigenvalue weighted by molar-refractivity contribution is 0.382. The van der Waals surface area contributed by atoms with Crippen LogP contribution in [0.5, 0.6) is 0 Å². The summed E-state index contributed by atoms with van der Waals surface area (Å²) in [7, 11) is 2.21. The maximum atomic E-state index is 3.53. The van der Waals surface area contributed by atoms with Crippen LogP contribution in [-0.2, 0) is 0 Å². The highest BCUT2D eigenvalue weighted by atomic mass is 15.1. The third kappa shape index (κ3) is 6.13. The predicted octanol–water partition coefficient (Wildman–Crippen LogP) is 0.916. The number of hydrogen-bond donors (Lipinski definition) is 2. The van der Waals surface area contributed by atoms with Crippen LogP contribution in [0.4, 0.5) is 0 Å². The first-order valence-corrected chi connectivity index (χ1v) is 6.12. The smallest absolute Gasteiger partial charge is 0.00970 e. The van der Waals surface area contributed by atoms with Crippen LogP contribution in [0, 0.1) is 5.92 Å². The average molecular weight is 213 g/mol. The van der Waals surface area contributed by atoms with E-state index in [0.717, 1.165) is 19.0 Å². The van der Waals surface area contributed by atoms with Crippen LogP contribution < -0.4 is 10.6 Å². The molecule has 0 amide bonds. The van der Waals surface area contributed by atoms with Crippen LogP contribution in [0.15, 0.2) is 0 Å². The first-order valence-electron chi connectivity index (χ1n) is 6.12. The van der Waals surface area contributed by atoms with Crippen molar-refractivity contribution >= 4 is 0 Å². The van der Waals surface area contributed by atoms with Crippen molar-refractivity contribution in [1.29, 1.82) is 0 Å². The van der Waals surface area contributed by atoms with E-state index >= 15 is 0 Å². The molecule has 1 rings (SSSR count). The van der Waals surface area contributed by atoms with Crippen LogP contribution in [-0.4, -0.2) is 50.2 Å². The van der Waals surface area contributed by atoms with E-state index < -0.39 is 0 Å². The zero-order chi connectivity index (χ0) is 11.3. The van der Waals surface area contributed by atoms with Crippen molar-refractivity contribution in [3.63, 3.8) is 0 Å². The second-order valence-corrected chi connectivity index (χ2v) is 5.80. The maximum Gasteiger partial charge on any atom is 0.00970 e. The zero-order valence-corrected chi connectivity index (χ0v) is 10.8. The van der Waals surface area contributed by atoms with E-state index in [1.807, 2.05) is 0 Å². The Bertz CT molecular complexity index is 174. The Kier molecular flexibility index (Phi) is 5.03. The SMILES string of the molecule is CN1CCC(CNCCNC(C)(C)C)C1. The summed E-state index contributed by atoms with van der Waals surface area (Å²) in [5.74, 6) is 0.865. The van der Waals surface area contributed by atoms with Crippen molar-refractivity contribution in [1.82, 2.24) is 15.5 Å². The van der Waals surface area contributed by atoms with Gasteiger partial charge in [-0.25, -0.2) is 0 Å². The van der Waals surface area contributed by atoms with Crippen molar-refractivity contribution in [3.05, 3.63) is 0 Å². The van der Waals surface area contributed by atoms with Gasteiger partial charge in [-0.3, -0.25) is 0 Å². The summed E-state index contributed by atoms with van der Waals surface area (Å²) in [4.78, 5) is 2.42. The van der Waals surface area contributed by atoms with E-state index in [4.69, 9.17) is 0 Å². The zero-order valence-electron chi connectivity index (χ0n) is 10.8. The van der Waals surface area contributed by atoms with Crippen LogP contribution in [0.2, 0.25) is 0 Å². The Morgan fingerprint density at radius 3 is 2.53 bits per heavy atom. The number of likely N-dealkylation sites (tertiary alicyclic amines) is 1. The lowest BCUT2D eigenvalue weighted by atomic mass is 10.1. The Labute approximate surface area is 94.6 Å². The first-order chi connectivity index (χ1) is 6.97. The van der Waals surface area contributed by atoms with E-state index in [9.17, 15) is 0 Å². The fraction of sp³-hybridized carbons (Fsp3) is 1.00. The summed E-state index contributed by atoms with van der Waals surface area (Å²) in [6.45, 7) is 12.5. The molecule has 1 fully saturated rings. The maximum absolute atomic E-state index is 3.53. The van der Waals surface area contributed by atoms with Crippen molar-refractivity contribution in [2.45, 2.75) is 32.7 Å². The summed E-state index contributed by atoms with van der Waals surface area (Å²) in [5.41, 5.74) is 0.245. The van der Waals surface area contributed by atoms with Gasteiger partial charge in [-0.05, 0) is 53.2 Å². The van der Waals surface area contributed by atoms with Gasteiger partial charge in [-0.1, -0.05) is 0 Å². The molecule has 1 atom stereocenters. The topological polar surface area (TPSA) is 27.3 Å². The minimum Gasteiger partial charge on any atom is -0.315 e. The molecule has 3 nitrogen and oxygen atoms in total. The summed E-state index contributed by atoms with van der Waals surface area (Å²) < 4.78 is 0. The van der Waals surface area contributed by atoms with Crippen LogP contribution in [0.3, 0.4) is 0 Å². The molecular formula is C12H27N3. The van der Waals surface area contributed by atoms with Gasteiger partial charge in [0, 0.05) is 25.2 Å². The minimum absolute atomic E-state index is 0.245. The van der Waals surface area contributed by atoms with Gasteiger partial charge < -0.3 is 15.5 Å². The van der Waals surface area contributed by atoms with E-state index in [-0.39, 0.29) is 5.54 Å². The molecule has 0 spiro atoms. The molecule has 15 heavy (non-hydrogen) atoms. The summed E-state index contributed by atoms with van der Waals surface area (Å²) in [6.07, 6.45) is 1.36. The second-order valence-electron chi connectivity index (χ2n) is 5.80.